The van der Waals surface area contributed by atoms with Crippen molar-refractivity contribution in [2.24, 2.45) is 5.92 Å². The van der Waals surface area contributed by atoms with Crippen LogP contribution in [0.25, 0.3) is 0 Å². The van der Waals surface area contributed by atoms with Crippen molar-refractivity contribution in [2.45, 2.75) is 58.0 Å². The fourth-order valence-electron chi connectivity index (χ4n) is 2.23. The van der Waals surface area contributed by atoms with Crippen LogP contribution in [0.5, 0.6) is 0 Å². The number of aliphatic carboxylic acids is 1. The van der Waals surface area contributed by atoms with Gasteiger partial charge in [0.05, 0.1) is 0 Å². The number of hydrogen-bond donors (Lipinski definition) is 2. The average molecular weight is 199 g/mol. The van der Waals surface area contributed by atoms with Gasteiger partial charge in [-0.2, -0.15) is 0 Å². The summed E-state index contributed by atoms with van der Waals surface area (Å²) in [6.45, 7) is 4.16. The van der Waals surface area contributed by atoms with Crippen LogP contribution in [0.1, 0.15) is 46.0 Å². The minimum Gasteiger partial charge on any atom is -0.480 e. The van der Waals surface area contributed by atoms with Crippen LogP contribution in [0.2, 0.25) is 0 Å². The quantitative estimate of drug-likeness (QED) is 0.728. The highest BCUT2D eigenvalue weighted by molar-refractivity contribution is 5.73. The van der Waals surface area contributed by atoms with Crippen molar-refractivity contribution in [3.05, 3.63) is 0 Å². The molecule has 0 saturated heterocycles. The maximum Gasteiger partial charge on any atom is 0.320 e. The molecule has 82 valence electrons. The Balaban J connectivity index is 2.37. The van der Waals surface area contributed by atoms with Crippen LogP contribution in [-0.4, -0.2) is 23.2 Å². The van der Waals surface area contributed by atoms with Crippen molar-refractivity contribution in [2.75, 3.05) is 0 Å². The topological polar surface area (TPSA) is 49.3 Å². The van der Waals surface area contributed by atoms with Gasteiger partial charge in [0.15, 0.2) is 0 Å². The van der Waals surface area contributed by atoms with Crippen molar-refractivity contribution in [1.82, 2.24) is 5.32 Å². The van der Waals surface area contributed by atoms with E-state index in [1.807, 2.05) is 6.92 Å². The van der Waals surface area contributed by atoms with Gasteiger partial charge in [-0.15, -0.1) is 0 Å². The van der Waals surface area contributed by atoms with Gasteiger partial charge in [0.2, 0.25) is 0 Å². The molecule has 0 aliphatic heterocycles. The van der Waals surface area contributed by atoms with E-state index < -0.39 is 5.97 Å². The van der Waals surface area contributed by atoms with Gasteiger partial charge in [0.1, 0.15) is 6.04 Å². The third kappa shape index (κ3) is 3.29. The molecule has 1 fully saturated rings. The maximum atomic E-state index is 10.8. The summed E-state index contributed by atoms with van der Waals surface area (Å²) in [7, 11) is 0. The highest BCUT2D eigenvalue weighted by Crippen LogP contribution is 2.23. The zero-order chi connectivity index (χ0) is 10.6. The second-order valence-electron chi connectivity index (χ2n) is 4.43. The molecule has 2 N–H and O–H groups in total. The second-order valence-corrected chi connectivity index (χ2v) is 4.43. The van der Waals surface area contributed by atoms with Crippen molar-refractivity contribution in [1.29, 1.82) is 0 Å². The molecule has 0 bridgehead atoms. The molecule has 3 nitrogen and oxygen atoms in total. The van der Waals surface area contributed by atoms with Crippen LogP contribution < -0.4 is 5.32 Å². The van der Waals surface area contributed by atoms with Crippen molar-refractivity contribution in [3.8, 4) is 0 Å². The Bertz CT molecular complexity index is 194. The van der Waals surface area contributed by atoms with Crippen LogP contribution in [0.15, 0.2) is 0 Å². The number of nitrogens with one attached hydrogen (secondary N) is 1. The van der Waals surface area contributed by atoms with Crippen LogP contribution in [0, 0.1) is 5.92 Å². The van der Waals surface area contributed by atoms with Crippen LogP contribution in [-0.2, 0) is 4.79 Å². The first kappa shape index (κ1) is 11.5. The molecule has 0 amide bonds. The Labute approximate surface area is 85.9 Å². The lowest BCUT2D eigenvalue weighted by atomic mass is 9.86. The fourth-order valence-corrected chi connectivity index (χ4v) is 2.23. The summed E-state index contributed by atoms with van der Waals surface area (Å²) in [4.78, 5) is 10.8. The summed E-state index contributed by atoms with van der Waals surface area (Å²) in [5, 5.41) is 12.1. The molecule has 3 heteroatoms. The Morgan fingerprint density at radius 1 is 1.57 bits per heavy atom. The third-order valence-corrected chi connectivity index (χ3v) is 3.08. The molecule has 14 heavy (non-hydrogen) atoms. The molecule has 1 aliphatic rings. The third-order valence-electron chi connectivity index (χ3n) is 3.08. The predicted molar refractivity (Wildman–Crippen MR) is 56.3 cm³/mol. The standard InChI is InChI=1S/C11H21NO2/c1-3-10(11(13)14)12-9-6-4-5-8(2)7-9/h8-10,12H,3-7H2,1-2H3,(H,13,14). The fraction of sp³-hybridized carbons (Fsp3) is 0.909. The highest BCUT2D eigenvalue weighted by atomic mass is 16.4. The molecule has 0 aromatic carbocycles. The van der Waals surface area contributed by atoms with Gasteiger partial charge in [0.25, 0.3) is 0 Å². The van der Waals surface area contributed by atoms with E-state index in [-0.39, 0.29) is 6.04 Å². The number of carboxylic acid groups (broad SMARTS) is 1. The zero-order valence-electron chi connectivity index (χ0n) is 9.12. The predicted octanol–water partition coefficient (Wildman–Crippen LogP) is 2.02. The normalized spacial score (nSPS) is 29.9. The second kappa shape index (κ2) is 5.35. The lowest BCUT2D eigenvalue weighted by Crippen LogP contribution is -2.44. The average Bonchev–Trinajstić information content (AvgIpc) is 2.14. The minimum absolute atomic E-state index is 0.356. The maximum absolute atomic E-state index is 10.8. The first-order valence-electron chi connectivity index (χ1n) is 5.62. The van der Waals surface area contributed by atoms with Crippen molar-refractivity contribution < 1.29 is 9.90 Å². The summed E-state index contributed by atoms with van der Waals surface area (Å²) >= 11 is 0. The molecule has 0 aromatic heterocycles. The van der Waals surface area contributed by atoms with Gasteiger partial charge >= 0.3 is 5.97 Å². The molecule has 0 radical (unpaired) electrons. The smallest absolute Gasteiger partial charge is 0.320 e. The summed E-state index contributed by atoms with van der Waals surface area (Å²) < 4.78 is 0. The molecule has 0 heterocycles. The van der Waals surface area contributed by atoms with Crippen LogP contribution >= 0.6 is 0 Å². The van der Waals surface area contributed by atoms with Crippen molar-refractivity contribution in [3.63, 3.8) is 0 Å². The number of hydrogen-bond acceptors (Lipinski definition) is 2. The Morgan fingerprint density at radius 3 is 2.79 bits per heavy atom. The van der Waals surface area contributed by atoms with E-state index in [1.54, 1.807) is 0 Å². The van der Waals surface area contributed by atoms with E-state index in [2.05, 4.69) is 12.2 Å². The molecule has 0 spiro atoms. The molecular formula is C11H21NO2. The first-order valence-corrected chi connectivity index (χ1v) is 5.62. The van der Waals surface area contributed by atoms with Gasteiger partial charge in [-0.3, -0.25) is 4.79 Å². The SMILES string of the molecule is CCC(NC1CCCC(C)C1)C(=O)O. The van der Waals surface area contributed by atoms with Gasteiger partial charge in [-0.1, -0.05) is 26.7 Å². The Kier molecular flexibility index (Phi) is 4.39. The molecule has 1 rings (SSSR count). The molecule has 1 aliphatic carbocycles. The van der Waals surface area contributed by atoms with Gasteiger partial charge in [-0.25, -0.2) is 0 Å². The summed E-state index contributed by atoms with van der Waals surface area (Å²) in [5.74, 6) is 0.0262. The van der Waals surface area contributed by atoms with E-state index in [9.17, 15) is 4.79 Å². The number of rotatable bonds is 4. The van der Waals surface area contributed by atoms with E-state index in [4.69, 9.17) is 5.11 Å². The van der Waals surface area contributed by atoms with E-state index in [0.29, 0.717) is 12.5 Å². The van der Waals surface area contributed by atoms with Crippen LogP contribution in [0.4, 0.5) is 0 Å². The summed E-state index contributed by atoms with van der Waals surface area (Å²) in [6.07, 6.45) is 5.45. The van der Waals surface area contributed by atoms with E-state index >= 15 is 0 Å². The number of carbonyl (C=O) groups is 1. The molecule has 1 saturated carbocycles. The Hall–Kier alpha value is -0.570. The molecule has 3 atom stereocenters. The minimum atomic E-state index is -0.717. The lowest BCUT2D eigenvalue weighted by Gasteiger charge is -2.29. The zero-order valence-corrected chi connectivity index (χ0v) is 9.12. The monoisotopic (exact) mass is 199 g/mol. The largest absolute Gasteiger partial charge is 0.480 e. The van der Waals surface area contributed by atoms with Gasteiger partial charge in [-0.05, 0) is 25.2 Å². The molecule has 3 unspecified atom stereocenters. The summed E-state index contributed by atoms with van der Waals surface area (Å²) in [5.41, 5.74) is 0. The first-order chi connectivity index (χ1) is 6.63. The highest BCUT2D eigenvalue weighted by Gasteiger charge is 2.23. The van der Waals surface area contributed by atoms with Crippen molar-refractivity contribution >= 4 is 5.97 Å². The summed E-state index contributed by atoms with van der Waals surface area (Å²) in [6, 6.07) is 0.0603. The molecule has 0 aromatic rings. The molecular weight excluding hydrogens is 178 g/mol. The number of carboxylic acids is 1. The van der Waals surface area contributed by atoms with Gasteiger partial charge < -0.3 is 10.4 Å². The van der Waals surface area contributed by atoms with E-state index in [1.165, 1.54) is 12.8 Å². The lowest BCUT2D eigenvalue weighted by molar-refractivity contribution is -0.139. The van der Waals surface area contributed by atoms with Crippen LogP contribution in [0.3, 0.4) is 0 Å². The van der Waals surface area contributed by atoms with E-state index in [0.717, 1.165) is 18.8 Å². The Morgan fingerprint density at radius 2 is 2.29 bits per heavy atom. The van der Waals surface area contributed by atoms with Gasteiger partial charge in [0, 0.05) is 6.04 Å².